The molecule has 0 aromatic heterocycles. The molecule has 0 atom stereocenters. The van der Waals surface area contributed by atoms with Crippen LogP contribution in [0.4, 0.5) is 0 Å². The van der Waals surface area contributed by atoms with E-state index < -0.39 is 0 Å². The molecular weight excluding hydrogens is 552 g/mol. The fourth-order valence-electron chi connectivity index (χ4n) is 4.71. The maximum Gasteiger partial charge on any atom is 0.254 e. The predicted molar refractivity (Wildman–Crippen MR) is 151 cm³/mol. The van der Waals surface area contributed by atoms with Crippen LogP contribution >= 0.6 is 27.5 Å². The molecule has 0 unspecified atom stereocenters. The van der Waals surface area contributed by atoms with Crippen molar-refractivity contribution in [3.8, 4) is 5.75 Å². The van der Waals surface area contributed by atoms with Gasteiger partial charge in [0.05, 0.1) is 12.2 Å². The highest BCUT2D eigenvalue weighted by Crippen LogP contribution is 2.37. The summed E-state index contributed by atoms with van der Waals surface area (Å²) in [5, 5.41) is 0.693. The first-order valence-corrected chi connectivity index (χ1v) is 13.6. The van der Waals surface area contributed by atoms with Crippen LogP contribution in [0, 0.1) is 12.3 Å². The van der Waals surface area contributed by atoms with E-state index in [1.54, 1.807) is 4.90 Å². The average molecular weight is 584 g/mol. The van der Waals surface area contributed by atoms with Crippen molar-refractivity contribution in [2.75, 3.05) is 26.7 Å². The molecule has 0 bridgehead atoms. The number of rotatable bonds is 8. The van der Waals surface area contributed by atoms with Crippen molar-refractivity contribution in [2.24, 2.45) is 5.41 Å². The zero-order valence-corrected chi connectivity index (χ0v) is 23.6. The molecule has 0 N–H and O–H groups in total. The van der Waals surface area contributed by atoms with Crippen molar-refractivity contribution in [1.29, 1.82) is 0 Å². The molecule has 194 valence electrons. The van der Waals surface area contributed by atoms with E-state index in [1.165, 1.54) is 0 Å². The Kier molecular flexibility index (Phi) is 8.93. The highest BCUT2D eigenvalue weighted by Gasteiger charge is 2.39. The topological polar surface area (TPSA) is 49.9 Å². The molecule has 1 heterocycles. The molecule has 0 spiro atoms. The Bertz CT molecular complexity index is 1240. The van der Waals surface area contributed by atoms with E-state index in [0.717, 1.165) is 21.3 Å². The zero-order chi connectivity index (χ0) is 26.4. The summed E-state index contributed by atoms with van der Waals surface area (Å²) in [5.74, 6) is 0.811. The number of amides is 2. The van der Waals surface area contributed by atoms with Crippen molar-refractivity contribution in [1.82, 2.24) is 9.80 Å². The highest BCUT2D eigenvalue weighted by molar-refractivity contribution is 9.10. The van der Waals surface area contributed by atoms with Crippen LogP contribution in [0.15, 0.2) is 77.3 Å². The number of benzene rings is 3. The first-order chi connectivity index (χ1) is 17.8. The van der Waals surface area contributed by atoms with Gasteiger partial charge >= 0.3 is 0 Å². The molecule has 3 aromatic rings. The first kappa shape index (κ1) is 27.2. The lowest BCUT2D eigenvalue weighted by molar-refractivity contribution is -0.134. The SMILES string of the molecule is Cc1cc(OCC2(CC(=O)N(C)Cc3ccccc3)CCN(C(=O)c3ccccc3Br)CC2)ccc1Cl. The number of nitrogens with zero attached hydrogens (tertiary/aromatic N) is 2. The van der Waals surface area contributed by atoms with Crippen LogP contribution < -0.4 is 4.74 Å². The fourth-order valence-corrected chi connectivity index (χ4v) is 5.28. The summed E-state index contributed by atoms with van der Waals surface area (Å²) in [5.41, 5.74) is 2.32. The van der Waals surface area contributed by atoms with Crippen molar-refractivity contribution in [3.05, 3.63) is 99.0 Å². The van der Waals surface area contributed by atoms with Crippen LogP contribution in [-0.4, -0.2) is 48.4 Å². The second kappa shape index (κ2) is 12.1. The van der Waals surface area contributed by atoms with Gasteiger partial charge in [0, 0.05) is 48.0 Å². The summed E-state index contributed by atoms with van der Waals surface area (Å²) >= 11 is 9.68. The summed E-state index contributed by atoms with van der Waals surface area (Å²) in [6.07, 6.45) is 1.72. The van der Waals surface area contributed by atoms with Gasteiger partial charge in [-0.2, -0.15) is 0 Å². The number of likely N-dealkylation sites (tertiary alicyclic amines) is 1. The number of hydrogen-bond acceptors (Lipinski definition) is 3. The maximum absolute atomic E-state index is 13.4. The van der Waals surface area contributed by atoms with Crippen molar-refractivity contribution < 1.29 is 14.3 Å². The van der Waals surface area contributed by atoms with Crippen LogP contribution in [-0.2, 0) is 11.3 Å². The molecule has 7 heteroatoms. The summed E-state index contributed by atoms with van der Waals surface area (Å²) in [6.45, 7) is 4.03. The minimum absolute atomic E-state index is 0.00263. The number of carbonyl (C=O) groups is 2. The Hall–Kier alpha value is -2.83. The lowest BCUT2D eigenvalue weighted by atomic mass is 9.75. The number of aryl methyl sites for hydroxylation is 1. The van der Waals surface area contributed by atoms with Gasteiger partial charge in [-0.1, -0.05) is 54.1 Å². The zero-order valence-electron chi connectivity index (χ0n) is 21.3. The molecule has 0 saturated carbocycles. The summed E-state index contributed by atoms with van der Waals surface area (Å²) in [7, 11) is 1.85. The number of piperidine rings is 1. The predicted octanol–water partition coefficient (Wildman–Crippen LogP) is 6.76. The minimum atomic E-state index is -0.375. The molecule has 1 aliphatic heterocycles. The third kappa shape index (κ3) is 6.93. The van der Waals surface area contributed by atoms with E-state index in [2.05, 4.69) is 15.9 Å². The molecule has 37 heavy (non-hydrogen) atoms. The summed E-state index contributed by atoms with van der Waals surface area (Å²) in [6, 6.07) is 23.1. The standard InChI is InChI=1S/C30H32BrClN2O3/c1-22-18-24(12-13-27(22)32)37-21-30(19-28(35)33(2)20-23-8-4-3-5-9-23)14-16-34(17-15-30)29(36)25-10-6-7-11-26(25)31/h3-13,18H,14-17,19-21H2,1-2H3. The van der Waals surface area contributed by atoms with Gasteiger partial charge in [-0.05, 0) is 77.2 Å². The average Bonchev–Trinajstić information content (AvgIpc) is 2.90. The highest BCUT2D eigenvalue weighted by atomic mass is 79.9. The fraction of sp³-hybridized carbons (Fsp3) is 0.333. The maximum atomic E-state index is 13.4. The van der Waals surface area contributed by atoms with E-state index in [0.29, 0.717) is 56.1 Å². The third-order valence-corrected chi connectivity index (χ3v) is 8.22. The molecule has 4 rings (SSSR count). The Morgan fingerprint density at radius 3 is 2.38 bits per heavy atom. The molecule has 0 radical (unpaired) electrons. The largest absolute Gasteiger partial charge is 0.493 e. The van der Waals surface area contributed by atoms with E-state index >= 15 is 0 Å². The van der Waals surface area contributed by atoms with E-state index in [4.69, 9.17) is 16.3 Å². The Labute approximate surface area is 232 Å². The monoisotopic (exact) mass is 582 g/mol. The molecule has 1 fully saturated rings. The molecule has 2 amide bonds. The normalized spacial score (nSPS) is 14.8. The van der Waals surface area contributed by atoms with Gasteiger partial charge in [0.15, 0.2) is 0 Å². The Morgan fingerprint density at radius 1 is 1.03 bits per heavy atom. The molecule has 3 aromatic carbocycles. The van der Waals surface area contributed by atoms with Crippen LogP contribution in [0.25, 0.3) is 0 Å². The smallest absolute Gasteiger partial charge is 0.254 e. The van der Waals surface area contributed by atoms with Gasteiger partial charge in [-0.3, -0.25) is 9.59 Å². The lowest BCUT2D eigenvalue weighted by Crippen LogP contribution is -2.47. The third-order valence-electron chi connectivity index (χ3n) is 7.10. The van der Waals surface area contributed by atoms with Gasteiger partial charge in [0.2, 0.25) is 5.91 Å². The lowest BCUT2D eigenvalue weighted by Gasteiger charge is -2.42. The van der Waals surface area contributed by atoms with Crippen LogP contribution in [0.5, 0.6) is 5.75 Å². The Balaban J connectivity index is 1.48. The van der Waals surface area contributed by atoms with Gasteiger partial charge in [-0.15, -0.1) is 0 Å². The second-order valence-electron chi connectivity index (χ2n) is 9.88. The van der Waals surface area contributed by atoms with E-state index in [9.17, 15) is 9.59 Å². The number of halogens is 2. The molecule has 0 aliphatic carbocycles. The van der Waals surface area contributed by atoms with E-state index in [-0.39, 0.29) is 17.2 Å². The molecule has 1 aliphatic rings. The quantitative estimate of drug-likeness (QED) is 0.294. The first-order valence-electron chi connectivity index (χ1n) is 12.5. The van der Waals surface area contributed by atoms with Gasteiger partial charge < -0.3 is 14.5 Å². The van der Waals surface area contributed by atoms with E-state index in [1.807, 2.05) is 91.7 Å². The molecule has 5 nitrogen and oxygen atoms in total. The van der Waals surface area contributed by atoms with Crippen LogP contribution in [0.2, 0.25) is 5.02 Å². The van der Waals surface area contributed by atoms with Crippen molar-refractivity contribution in [2.45, 2.75) is 32.7 Å². The van der Waals surface area contributed by atoms with Gasteiger partial charge in [0.25, 0.3) is 5.91 Å². The number of carbonyl (C=O) groups excluding carboxylic acids is 2. The summed E-state index contributed by atoms with van der Waals surface area (Å²) < 4.78 is 7.03. The minimum Gasteiger partial charge on any atom is -0.493 e. The van der Waals surface area contributed by atoms with Crippen LogP contribution in [0.1, 0.15) is 40.7 Å². The van der Waals surface area contributed by atoms with Gasteiger partial charge in [-0.25, -0.2) is 0 Å². The summed E-state index contributed by atoms with van der Waals surface area (Å²) in [4.78, 5) is 30.2. The Morgan fingerprint density at radius 2 is 1.70 bits per heavy atom. The molecular formula is C30H32BrClN2O3. The van der Waals surface area contributed by atoms with Gasteiger partial charge in [0.1, 0.15) is 5.75 Å². The van der Waals surface area contributed by atoms with Crippen molar-refractivity contribution in [3.63, 3.8) is 0 Å². The second-order valence-corrected chi connectivity index (χ2v) is 11.1. The van der Waals surface area contributed by atoms with Crippen LogP contribution in [0.3, 0.4) is 0 Å². The molecule has 1 saturated heterocycles. The number of hydrogen-bond donors (Lipinski definition) is 0. The van der Waals surface area contributed by atoms with Crippen molar-refractivity contribution >= 4 is 39.3 Å². The number of ether oxygens (including phenoxy) is 1.